The molecule has 0 aromatic carbocycles. The van der Waals surface area contributed by atoms with Gasteiger partial charge < -0.3 is 5.32 Å². The molecular formula is C10H15ClN2S. The summed E-state index contributed by atoms with van der Waals surface area (Å²) in [6.07, 6.45) is 2.85. The fourth-order valence-corrected chi connectivity index (χ4v) is 1.88. The molecule has 14 heavy (non-hydrogen) atoms. The first-order chi connectivity index (χ1) is 6.84. The summed E-state index contributed by atoms with van der Waals surface area (Å²) >= 11 is 7.84. The van der Waals surface area contributed by atoms with Crippen molar-refractivity contribution >= 4 is 29.1 Å². The molecule has 0 atom stereocenters. The lowest BCUT2D eigenvalue weighted by Gasteiger charge is -2.06. The first-order valence-electron chi connectivity index (χ1n) is 4.76. The second-order valence-electron chi connectivity index (χ2n) is 2.82. The molecular weight excluding hydrogens is 216 g/mol. The molecule has 0 aliphatic heterocycles. The van der Waals surface area contributed by atoms with Gasteiger partial charge >= 0.3 is 0 Å². The molecule has 0 spiro atoms. The van der Waals surface area contributed by atoms with E-state index < -0.39 is 0 Å². The molecule has 2 nitrogen and oxygen atoms in total. The van der Waals surface area contributed by atoms with Gasteiger partial charge in [-0.2, -0.15) is 11.8 Å². The Morgan fingerprint density at radius 3 is 3.14 bits per heavy atom. The summed E-state index contributed by atoms with van der Waals surface area (Å²) in [4.78, 5) is 3.99. The Bertz CT molecular complexity index is 268. The topological polar surface area (TPSA) is 24.9 Å². The van der Waals surface area contributed by atoms with Crippen LogP contribution in [0.5, 0.6) is 0 Å². The van der Waals surface area contributed by atoms with Crippen LogP contribution in [0.15, 0.2) is 18.3 Å². The third-order valence-electron chi connectivity index (χ3n) is 1.74. The highest BCUT2D eigenvalue weighted by molar-refractivity contribution is 7.99. The normalized spacial score (nSPS) is 10.1. The van der Waals surface area contributed by atoms with Crippen LogP contribution in [0.3, 0.4) is 0 Å². The summed E-state index contributed by atoms with van der Waals surface area (Å²) in [7, 11) is 0. The molecule has 0 radical (unpaired) electrons. The van der Waals surface area contributed by atoms with Crippen LogP contribution in [0.4, 0.5) is 5.69 Å². The van der Waals surface area contributed by atoms with Gasteiger partial charge in [-0.05, 0) is 30.1 Å². The number of rotatable bonds is 6. The summed E-state index contributed by atoms with van der Waals surface area (Å²) in [5.74, 6) is 2.38. The van der Waals surface area contributed by atoms with E-state index >= 15 is 0 Å². The fraction of sp³-hybridized carbons (Fsp3) is 0.500. The van der Waals surface area contributed by atoms with E-state index in [-0.39, 0.29) is 0 Å². The number of anilines is 1. The molecule has 0 unspecified atom stereocenters. The van der Waals surface area contributed by atoms with Gasteiger partial charge in [0.15, 0.2) is 5.15 Å². The van der Waals surface area contributed by atoms with Crippen molar-refractivity contribution in [3.63, 3.8) is 0 Å². The lowest BCUT2D eigenvalue weighted by atomic mass is 10.4. The minimum Gasteiger partial charge on any atom is -0.383 e. The number of pyridine rings is 1. The first-order valence-corrected chi connectivity index (χ1v) is 6.30. The molecule has 78 valence electrons. The van der Waals surface area contributed by atoms with Crippen molar-refractivity contribution in [2.75, 3.05) is 23.4 Å². The molecule has 0 aliphatic rings. The highest BCUT2D eigenvalue weighted by atomic mass is 35.5. The van der Waals surface area contributed by atoms with Crippen molar-refractivity contribution in [1.29, 1.82) is 0 Å². The van der Waals surface area contributed by atoms with E-state index in [1.54, 1.807) is 6.20 Å². The Hall–Kier alpha value is -0.410. The zero-order valence-electron chi connectivity index (χ0n) is 8.29. The fourth-order valence-electron chi connectivity index (χ4n) is 1.06. The SMILES string of the molecule is CCSCCCNc1cccnc1Cl. The maximum Gasteiger partial charge on any atom is 0.152 e. The number of aromatic nitrogens is 1. The number of nitrogens with zero attached hydrogens (tertiary/aromatic N) is 1. The Balaban J connectivity index is 2.21. The van der Waals surface area contributed by atoms with Crippen LogP contribution < -0.4 is 5.32 Å². The van der Waals surface area contributed by atoms with Crippen molar-refractivity contribution in [2.24, 2.45) is 0 Å². The van der Waals surface area contributed by atoms with Crippen molar-refractivity contribution in [3.05, 3.63) is 23.5 Å². The number of halogens is 1. The first kappa shape index (κ1) is 11.7. The lowest BCUT2D eigenvalue weighted by Crippen LogP contribution is -2.03. The summed E-state index contributed by atoms with van der Waals surface area (Å²) in [5.41, 5.74) is 0.927. The van der Waals surface area contributed by atoms with Crippen molar-refractivity contribution in [2.45, 2.75) is 13.3 Å². The maximum atomic E-state index is 5.89. The standard InChI is InChI=1S/C10H15ClN2S/c1-2-14-8-4-7-12-9-5-3-6-13-10(9)11/h3,5-6,12H,2,4,7-8H2,1H3. The van der Waals surface area contributed by atoms with Gasteiger partial charge in [-0.25, -0.2) is 4.98 Å². The Morgan fingerprint density at radius 2 is 2.43 bits per heavy atom. The van der Waals surface area contributed by atoms with Gasteiger partial charge in [-0.15, -0.1) is 0 Å². The Labute approximate surface area is 94.5 Å². The summed E-state index contributed by atoms with van der Waals surface area (Å²) in [6.45, 7) is 3.13. The molecule has 1 aromatic heterocycles. The van der Waals surface area contributed by atoms with Gasteiger partial charge in [-0.1, -0.05) is 18.5 Å². The molecule has 1 aromatic rings. The highest BCUT2D eigenvalue weighted by Gasteiger charge is 1.97. The van der Waals surface area contributed by atoms with Gasteiger partial charge in [0.05, 0.1) is 5.69 Å². The average Bonchev–Trinajstić information content (AvgIpc) is 2.20. The van der Waals surface area contributed by atoms with Crippen LogP contribution in [0.1, 0.15) is 13.3 Å². The van der Waals surface area contributed by atoms with Crippen LogP contribution >= 0.6 is 23.4 Å². The number of nitrogens with one attached hydrogen (secondary N) is 1. The molecule has 1 N–H and O–H groups in total. The van der Waals surface area contributed by atoms with Crippen LogP contribution in [0.25, 0.3) is 0 Å². The second-order valence-corrected chi connectivity index (χ2v) is 4.57. The van der Waals surface area contributed by atoms with E-state index in [1.165, 1.54) is 11.5 Å². The summed E-state index contributed by atoms with van der Waals surface area (Å²) in [6, 6.07) is 3.83. The summed E-state index contributed by atoms with van der Waals surface area (Å²) < 4.78 is 0. The van der Waals surface area contributed by atoms with E-state index in [0.29, 0.717) is 5.15 Å². The smallest absolute Gasteiger partial charge is 0.152 e. The highest BCUT2D eigenvalue weighted by Crippen LogP contribution is 2.17. The maximum absolute atomic E-state index is 5.89. The van der Waals surface area contributed by atoms with Crippen molar-refractivity contribution in [1.82, 2.24) is 4.98 Å². The minimum atomic E-state index is 0.552. The average molecular weight is 231 g/mol. The zero-order chi connectivity index (χ0) is 10.2. The van der Waals surface area contributed by atoms with Gasteiger partial charge in [0.25, 0.3) is 0 Å². The van der Waals surface area contributed by atoms with Gasteiger partial charge in [-0.3, -0.25) is 0 Å². The molecule has 0 amide bonds. The monoisotopic (exact) mass is 230 g/mol. The van der Waals surface area contributed by atoms with E-state index in [0.717, 1.165) is 18.7 Å². The number of hydrogen-bond donors (Lipinski definition) is 1. The minimum absolute atomic E-state index is 0.552. The van der Waals surface area contributed by atoms with Crippen LogP contribution in [-0.4, -0.2) is 23.0 Å². The van der Waals surface area contributed by atoms with Crippen LogP contribution in [0, 0.1) is 0 Å². The van der Waals surface area contributed by atoms with Crippen LogP contribution in [-0.2, 0) is 0 Å². The third kappa shape index (κ3) is 4.20. The van der Waals surface area contributed by atoms with Crippen molar-refractivity contribution in [3.8, 4) is 0 Å². The molecule has 0 saturated heterocycles. The van der Waals surface area contributed by atoms with Gasteiger partial charge in [0.1, 0.15) is 0 Å². The van der Waals surface area contributed by atoms with Gasteiger partial charge in [0, 0.05) is 12.7 Å². The van der Waals surface area contributed by atoms with E-state index in [1.807, 2.05) is 23.9 Å². The molecule has 0 aliphatic carbocycles. The van der Waals surface area contributed by atoms with Crippen LogP contribution in [0.2, 0.25) is 5.15 Å². The third-order valence-corrected chi connectivity index (χ3v) is 3.03. The zero-order valence-corrected chi connectivity index (χ0v) is 9.87. The van der Waals surface area contributed by atoms with E-state index in [9.17, 15) is 0 Å². The number of hydrogen-bond acceptors (Lipinski definition) is 3. The summed E-state index contributed by atoms with van der Waals surface area (Å²) in [5, 5.41) is 3.82. The van der Waals surface area contributed by atoms with E-state index in [2.05, 4.69) is 17.2 Å². The predicted octanol–water partition coefficient (Wildman–Crippen LogP) is 3.29. The van der Waals surface area contributed by atoms with Crippen molar-refractivity contribution < 1.29 is 0 Å². The van der Waals surface area contributed by atoms with E-state index in [4.69, 9.17) is 11.6 Å². The quantitative estimate of drug-likeness (QED) is 0.600. The Morgan fingerprint density at radius 1 is 1.57 bits per heavy atom. The molecule has 0 fully saturated rings. The molecule has 4 heteroatoms. The lowest BCUT2D eigenvalue weighted by molar-refractivity contribution is 0.989. The predicted molar refractivity (Wildman–Crippen MR) is 65.4 cm³/mol. The molecule has 1 rings (SSSR count). The van der Waals surface area contributed by atoms with Gasteiger partial charge in [0.2, 0.25) is 0 Å². The largest absolute Gasteiger partial charge is 0.383 e. The number of thioether (sulfide) groups is 1. The molecule has 1 heterocycles. The molecule has 0 saturated carbocycles. The molecule has 0 bridgehead atoms. The second kappa shape index (κ2) is 6.96. The Kier molecular flexibility index (Phi) is 5.80.